The van der Waals surface area contributed by atoms with Crippen molar-refractivity contribution in [3.63, 3.8) is 0 Å². The number of aliphatic hydroxyl groups excluding tert-OH is 1. The van der Waals surface area contributed by atoms with Crippen LogP contribution in [0.25, 0.3) is 0 Å². The zero-order valence-corrected chi connectivity index (χ0v) is 28.6. The fraction of sp³-hybridized carbons (Fsp3) is 0.514. The number of fused-ring (bicyclic) bond motifs is 4. The normalized spacial score (nSPS) is 34.8. The van der Waals surface area contributed by atoms with Crippen molar-refractivity contribution in [1.29, 1.82) is 0 Å². The van der Waals surface area contributed by atoms with Gasteiger partial charge in [-0.25, -0.2) is 4.21 Å². The highest BCUT2D eigenvalue weighted by Crippen LogP contribution is 2.49. The number of carbonyl (C=O) groups excluding carboxylic acids is 1. The zero-order chi connectivity index (χ0) is 32.7. The van der Waals surface area contributed by atoms with Crippen LogP contribution in [-0.4, -0.2) is 65.4 Å². The van der Waals surface area contributed by atoms with Crippen LogP contribution in [0, 0.1) is 29.6 Å². The topological polar surface area (TPSA) is 88.1 Å². The quantitative estimate of drug-likeness (QED) is 0.236. The van der Waals surface area contributed by atoms with Crippen molar-refractivity contribution < 1.29 is 23.6 Å². The van der Waals surface area contributed by atoms with Crippen LogP contribution in [0.15, 0.2) is 48.6 Å². The van der Waals surface area contributed by atoms with E-state index in [0.717, 1.165) is 55.1 Å². The van der Waals surface area contributed by atoms with Crippen LogP contribution < -0.4 is 14.4 Å². The lowest BCUT2D eigenvalue weighted by molar-refractivity contribution is -0.0351. The van der Waals surface area contributed by atoms with Gasteiger partial charge in [-0.15, -0.1) is 0 Å². The molecule has 2 aliphatic carbocycles. The lowest BCUT2D eigenvalue weighted by atomic mass is 9.64. The first-order chi connectivity index (χ1) is 22.0. The van der Waals surface area contributed by atoms with E-state index in [-0.39, 0.29) is 35.0 Å². The fourth-order valence-electron chi connectivity index (χ4n) is 7.93. The van der Waals surface area contributed by atoms with Crippen LogP contribution >= 0.6 is 11.6 Å². The van der Waals surface area contributed by atoms with E-state index in [4.69, 9.17) is 21.1 Å². The number of ether oxygens (including phenoxy) is 2. The summed E-state index contributed by atoms with van der Waals surface area (Å²) in [6.45, 7) is 5.57. The highest BCUT2D eigenvalue weighted by atomic mass is 35.5. The van der Waals surface area contributed by atoms with E-state index in [9.17, 15) is 14.1 Å². The van der Waals surface area contributed by atoms with Gasteiger partial charge >= 0.3 is 0 Å². The molecule has 4 aliphatic rings. The van der Waals surface area contributed by atoms with Gasteiger partial charge in [-0.3, -0.25) is 9.52 Å². The molecule has 46 heavy (non-hydrogen) atoms. The number of allylic oxidation sites excluding steroid dienone is 1. The predicted octanol–water partition coefficient (Wildman–Crippen LogP) is 5.57. The molecule has 2 heterocycles. The Balaban J connectivity index is 1.47. The number of aryl methyl sites for hydroxylation is 1. The Hall–Kier alpha value is -2.96. The van der Waals surface area contributed by atoms with Gasteiger partial charge < -0.3 is 19.5 Å². The van der Waals surface area contributed by atoms with Crippen LogP contribution in [-0.2, 0) is 26.3 Å². The number of rotatable bonds is 1. The summed E-state index contributed by atoms with van der Waals surface area (Å²) in [5, 5.41) is 10.0. The predicted molar refractivity (Wildman–Crippen MR) is 186 cm³/mol. The molecule has 0 radical (unpaired) electrons. The highest BCUT2D eigenvalue weighted by Gasteiger charge is 2.48. The zero-order valence-electron chi connectivity index (χ0n) is 27.0. The average molecular weight is 665 g/mol. The number of aliphatic hydroxyl groups is 1. The molecule has 246 valence electrons. The van der Waals surface area contributed by atoms with E-state index in [0.29, 0.717) is 25.1 Å². The maximum atomic E-state index is 13.8. The van der Waals surface area contributed by atoms with Crippen molar-refractivity contribution >= 4 is 38.8 Å². The Morgan fingerprint density at radius 1 is 1.24 bits per heavy atom. The van der Waals surface area contributed by atoms with Gasteiger partial charge in [0.25, 0.3) is 5.91 Å². The summed E-state index contributed by atoms with van der Waals surface area (Å²) >= 11 is 6.44. The largest absolute Gasteiger partial charge is 0.490 e. The molecule has 2 aliphatic heterocycles. The summed E-state index contributed by atoms with van der Waals surface area (Å²) < 4.78 is 29.4. The second-order valence-corrected chi connectivity index (χ2v) is 16.5. The molecule has 6 rings (SSSR count). The van der Waals surface area contributed by atoms with E-state index in [1.54, 1.807) is 13.2 Å². The molecule has 0 saturated heterocycles. The number of amides is 1. The molecule has 2 N–H and O–H groups in total. The minimum Gasteiger partial charge on any atom is -0.490 e. The van der Waals surface area contributed by atoms with Crippen LogP contribution in [0.5, 0.6) is 5.75 Å². The third kappa shape index (κ3) is 6.08. The van der Waals surface area contributed by atoms with Gasteiger partial charge in [0, 0.05) is 47.4 Å². The van der Waals surface area contributed by atoms with Crippen molar-refractivity contribution in [3.05, 3.63) is 70.3 Å². The van der Waals surface area contributed by atoms with E-state index in [1.807, 2.05) is 38.1 Å². The number of benzene rings is 2. The molecular formula is C37H45ClN2O5S. The number of nitrogens with one attached hydrogen (secondary N) is 1. The Kier molecular flexibility index (Phi) is 9.26. The number of halogens is 1. The minimum atomic E-state index is -2.98. The maximum Gasteiger partial charge on any atom is 0.262 e. The van der Waals surface area contributed by atoms with Crippen molar-refractivity contribution in [3.8, 4) is 17.6 Å². The van der Waals surface area contributed by atoms with Gasteiger partial charge in [0.05, 0.1) is 22.0 Å². The molecule has 7 nitrogen and oxygen atoms in total. The molecule has 2 aromatic carbocycles. The molecule has 1 saturated carbocycles. The van der Waals surface area contributed by atoms with E-state index in [1.165, 1.54) is 11.1 Å². The molecule has 2 aromatic rings. The first-order valence-corrected chi connectivity index (χ1v) is 18.5. The van der Waals surface area contributed by atoms with Crippen molar-refractivity contribution in [2.24, 2.45) is 17.8 Å². The lowest BCUT2D eigenvalue weighted by Crippen LogP contribution is -2.52. The van der Waals surface area contributed by atoms with Crippen LogP contribution in [0.4, 0.5) is 5.69 Å². The summed E-state index contributed by atoms with van der Waals surface area (Å²) in [6.07, 6.45) is 9.62. The van der Waals surface area contributed by atoms with Crippen LogP contribution in [0.2, 0.25) is 5.02 Å². The van der Waals surface area contributed by atoms with E-state index < -0.39 is 21.2 Å². The summed E-state index contributed by atoms with van der Waals surface area (Å²) in [5.41, 5.74) is 2.68. The summed E-state index contributed by atoms with van der Waals surface area (Å²) in [6, 6.07) is 11.7. The molecule has 1 unspecified atom stereocenters. The lowest BCUT2D eigenvalue weighted by Gasteiger charge is -2.48. The standard InChI is InChI=1S/C37H45ClN2O5S/c1-25-8-5-17-37(44-3,18-7-19-41)32-13-10-29(32)22-40-23-36(16-6-9-27-20-30(38)12-14-31(27)36)24-45-34-15-11-28(21-33(34)40)35(42)39-46(4,43)26(25)2/h5,11-12,14-15,17,20-21,25-26,29,32,41H,4,6,8-10,13,16,19,22-24H2,1-3H3,(H,39,42,43)/b17-5+/t25-,26+,29-,32+,36-,37-,46?/m0/s1. The van der Waals surface area contributed by atoms with Crippen molar-refractivity contribution in [2.75, 3.05) is 38.3 Å². The minimum absolute atomic E-state index is 0.0348. The molecule has 2 bridgehead atoms. The smallest absolute Gasteiger partial charge is 0.262 e. The van der Waals surface area contributed by atoms with E-state index in [2.05, 4.69) is 45.5 Å². The number of hydrogen-bond donors (Lipinski definition) is 2. The van der Waals surface area contributed by atoms with Gasteiger partial charge in [-0.2, -0.15) is 0 Å². The van der Waals surface area contributed by atoms with Gasteiger partial charge in [-0.05, 0) is 111 Å². The van der Waals surface area contributed by atoms with Gasteiger partial charge in [0.1, 0.15) is 18.0 Å². The summed E-state index contributed by atoms with van der Waals surface area (Å²) in [7, 11) is -1.29. The molecule has 1 amide bonds. The maximum absolute atomic E-state index is 13.8. The molecular weight excluding hydrogens is 620 g/mol. The molecule has 0 aromatic heterocycles. The van der Waals surface area contributed by atoms with Gasteiger partial charge in [0.15, 0.2) is 0 Å². The molecule has 7 atom stereocenters. The Morgan fingerprint density at radius 3 is 2.80 bits per heavy atom. The second-order valence-electron chi connectivity index (χ2n) is 13.7. The Morgan fingerprint density at radius 2 is 2.07 bits per heavy atom. The number of hydrogen-bond acceptors (Lipinski definition) is 6. The summed E-state index contributed by atoms with van der Waals surface area (Å²) in [5.74, 6) is 10.8. The molecule has 9 heteroatoms. The third-order valence-electron chi connectivity index (χ3n) is 11.0. The van der Waals surface area contributed by atoms with Crippen molar-refractivity contribution in [2.45, 2.75) is 68.6 Å². The number of nitrogens with zero attached hydrogens (tertiary/aromatic N) is 1. The highest BCUT2D eigenvalue weighted by molar-refractivity contribution is 7.99. The van der Waals surface area contributed by atoms with Gasteiger partial charge in [0.2, 0.25) is 0 Å². The average Bonchev–Trinajstić information content (AvgIpc) is 3.17. The summed E-state index contributed by atoms with van der Waals surface area (Å²) in [4.78, 5) is 16.0. The molecule has 1 spiro atoms. The van der Waals surface area contributed by atoms with Crippen molar-refractivity contribution in [1.82, 2.24) is 4.72 Å². The third-order valence-corrected chi connectivity index (χ3v) is 13.4. The first kappa shape index (κ1) is 33.0. The first-order valence-electron chi connectivity index (χ1n) is 16.3. The Labute approximate surface area is 278 Å². The number of anilines is 1. The second kappa shape index (κ2) is 12.9. The Bertz CT molecular complexity index is 1700. The van der Waals surface area contributed by atoms with Gasteiger partial charge in [-0.1, -0.05) is 42.5 Å². The number of methoxy groups -OCH3 is 1. The van der Waals surface area contributed by atoms with E-state index >= 15 is 0 Å². The van der Waals surface area contributed by atoms with Crippen LogP contribution in [0.3, 0.4) is 0 Å². The fourth-order valence-corrected chi connectivity index (χ4v) is 9.60. The van der Waals surface area contributed by atoms with Crippen LogP contribution in [0.1, 0.15) is 67.4 Å². The monoisotopic (exact) mass is 664 g/mol. The number of carbonyl (C=O) groups is 1. The SMILES string of the molecule is C=S1(=O)NC(=O)c2ccc3c(c2)N(C[C@@H]2CC[C@H]2[C@](C#CCO)(OC)/C=C/C[C@H](C)[C@H]1C)C[C@@]1(CCCc2cc(Cl)ccc21)CO3. The molecule has 1 fully saturated rings.